The van der Waals surface area contributed by atoms with E-state index in [2.05, 4.69) is 9.89 Å². The molecule has 0 saturated carbocycles. The number of halogens is 2. The second kappa shape index (κ2) is 9.16. The van der Waals surface area contributed by atoms with Gasteiger partial charge in [-0.15, -0.1) is 0 Å². The Kier molecular flexibility index (Phi) is 5.80. The molecule has 1 atom stereocenters. The zero-order valence-corrected chi connectivity index (χ0v) is 20.3. The van der Waals surface area contributed by atoms with Gasteiger partial charge in [0.05, 0.1) is 12.0 Å². The third kappa shape index (κ3) is 3.90. The number of piperazine rings is 1. The molecule has 2 amide bonds. The maximum absolute atomic E-state index is 14.2. The number of anilines is 1. The first kappa shape index (κ1) is 23.4. The van der Waals surface area contributed by atoms with Gasteiger partial charge in [0.2, 0.25) is 6.29 Å². The molecule has 2 aromatic rings. The number of urea groups is 1. The lowest BCUT2D eigenvalue weighted by Crippen LogP contribution is -2.49. The Balaban J connectivity index is 1.17. The first-order chi connectivity index (χ1) is 18.0. The Morgan fingerprint density at radius 1 is 1.14 bits per heavy atom. The SMILES string of the molecule is CCN1C(=O)N(CCN2CCN(c3ccc(F)cc3F)CC2)C2N=C3C(=C(c4ccco4)N=CN3N)N21. The van der Waals surface area contributed by atoms with Gasteiger partial charge in [-0.3, -0.25) is 9.80 Å². The van der Waals surface area contributed by atoms with Crippen LogP contribution in [0.2, 0.25) is 0 Å². The molecular weight excluding hydrogens is 484 g/mol. The van der Waals surface area contributed by atoms with Crippen LogP contribution in [0.5, 0.6) is 0 Å². The average molecular weight is 512 g/mol. The molecule has 1 unspecified atom stereocenters. The van der Waals surface area contributed by atoms with Crippen LogP contribution in [-0.2, 0) is 0 Å². The lowest BCUT2D eigenvalue weighted by atomic mass is 10.2. The fourth-order valence-electron chi connectivity index (χ4n) is 5.16. The Hall–Kier alpha value is -3.97. The summed E-state index contributed by atoms with van der Waals surface area (Å²) in [5.74, 6) is 6.08. The van der Waals surface area contributed by atoms with Crippen molar-refractivity contribution in [2.45, 2.75) is 13.2 Å². The van der Waals surface area contributed by atoms with E-state index in [1.54, 1.807) is 28.3 Å². The van der Waals surface area contributed by atoms with Gasteiger partial charge in [0.1, 0.15) is 29.4 Å². The smallest absolute Gasteiger partial charge is 0.342 e. The fourth-order valence-corrected chi connectivity index (χ4v) is 5.16. The van der Waals surface area contributed by atoms with E-state index in [1.807, 2.05) is 16.8 Å². The highest BCUT2D eigenvalue weighted by atomic mass is 19.1. The maximum Gasteiger partial charge on any atom is 0.342 e. The Labute approximate surface area is 212 Å². The predicted octanol–water partition coefficient (Wildman–Crippen LogP) is 1.94. The minimum absolute atomic E-state index is 0.147. The van der Waals surface area contributed by atoms with Crippen LogP contribution < -0.4 is 10.7 Å². The van der Waals surface area contributed by atoms with E-state index in [4.69, 9.17) is 15.3 Å². The second-order valence-electron chi connectivity index (χ2n) is 9.09. The lowest BCUT2D eigenvalue weighted by molar-refractivity contribution is 0.0665. The largest absolute Gasteiger partial charge is 0.463 e. The number of furan rings is 1. The summed E-state index contributed by atoms with van der Waals surface area (Å²) in [5.41, 5.74) is 1.59. The third-order valence-corrected chi connectivity index (χ3v) is 7.02. The lowest BCUT2D eigenvalue weighted by Gasteiger charge is -2.36. The van der Waals surface area contributed by atoms with Gasteiger partial charge in [-0.25, -0.2) is 44.4 Å². The highest BCUT2D eigenvalue weighted by Gasteiger charge is 2.52. The molecule has 2 saturated heterocycles. The van der Waals surface area contributed by atoms with Crippen LogP contribution in [-0.4, -0.2) is 95.1 Å². The number of benzene rings is 1. The minimum atomic E-state index is -0.586. The summed E-state index contributed by atoms with van der Waals surface area (Å²) in [7, 11) is 0. The molecule has 0 aliphatic carbocycles. The summed E-state index contributed by atoms with van der Waals surface area (Å²) in [5, 5.41) is 4.83. The molecule has 0 spiro atoms. The summed E-state index contributed by atoms with van der Waals surface area (Å²) in [6.07, 6.45) is 2.47. The van der Waals surface area contributed by atoms with Crippen molar-refractivity contribution in [3.05, 3.63) is 59.7 Å². The number of nitrogens with zero attached hydrogens (tertiary/aromatic N) is 8. The van der Waals surface area contributed by atoms with Gasteiger partial charge < -0.3 is 9.32 Å². The molecule has 5 heterocycles. The van der Waals surface area contributed by atoms with Gasteiger partial charge in [0.15, 0.2) is 11.6 Å². The molecular formula is C24H27F2N9O2. The van der Waals surface area contributed by atoms with Crippen molar-refractivity contribution in [1.29, 1.82) is 0 Å². The van der Waals surface area contributed by atoms with Crippen LogP contribution in [0.15, 0.2) is 56.7 Å². The van der Waals surface area contributed by atoms with Crippen LogP contribution in [0.25, 0.3) is 5.70 Å². The summed E-state index contributed by atoms with van der Waals surface area (Å²) in [6.45, 7) is 6.03. The summed E-state index contributed by atoms with van der Waals surface area (Å²) in [4.78, 5) is 28.5. The monoisotopic (exact) mass is 511 g/mol. The number of amides is 2. The Morgan fingerprint density at radius 2 is 1.95 bits per heavy atom. The van der Waals surface area contributed by atoms with Gasteiger partial charge in [0, 0.05) is 51.9 Å². The van der Waals surface area contributed by atoms with Gasteiger partial charge in [-0.1, -0.05) is 0 Å². The van der Waals surface area contributed by atoms with Crippen LogP contribution in [0.4, 0.5) is 19.3 Å². The first-order valence-electron chi connectivity index (χ1n) is 12.2. The van der Waals surface area contributed by atoms with Crippen molar-refractivity contribution in [1.82, 2.24) is 24.8 Å². The van der Waals surface area contributed by atoms with E-state index in [9.17, 15) is 13.6 Å². The van der Waals surface area contributed by atoms with E-state index in [-0.39, 0.29) is 6.03 Å². The maximum atomic E-state index is 14.2. The zero-order valence-electron chi connectivity index (χ0n) is 20.3. The molecule has 1 aromatic heterocycles. The molecule has 1 aromatic carbocycles. The molecule has 11 nitrogen and oxygen atoms in total. The molecule has 194 valence electrons. The number of rotatable bonds is 6. The van der Waals surface area contributed by atoms with Crippen molar-refractivity contribution < 1.29 is 18.0 Å². The zero-order chi connectivity index (χ0) is 25.7. The molecule has 2 N–H and O–H groups in total. The minimum Gasteiger partial charge on any atom is -0.463 e. The van der Waals surface area contributed by atoms with E-state index < -0.39 is 17.9 Å². The van der Waals surface area contributed by atoms with Gasteiger partial charge in [-0.05, 0) is 31.2 Å². The molecule has 0 bridgehead atoms. The first-order valence-corrected chi connectivity index (χ1v) is 12.2. The molecule has 37 heavy (non-hydrogen) atoms. The molecule has 0 radical (unpaired) electrons. The highest BCUT2D eigenvalue weighted by molar-refractivity contribution is 6.12. The second-order valence-corrected chi connectivity index (χ2v) is 9.09. The molecule has 4 aliphatic rings. The number of nitrogens with two attached hydrogens (primary N) is 1. The van der Waals surface area contributed by atoms with Gasteiger partial charge >= 0.3 is 6.03 Å². The molecule has 6 rings (SSSR count). The number of carbonyl (C=O) groups is 1. The fraction of sp³-hybridized carbons (Fsp3) is 0.375. The molecule has 2 fully saturated rings. The van der Waals surface area contributed by atoms with E-state index in [1.165, 1.54) is 23.5 Å². The van der Waals surface area contributed by atoms with Crippen LogP contribution in [0, 0.1) is 11.6 Å². The highest BCUT2D eigenvalue weighted by Crippen LogP contribution is 2.39. The average Bonchev–Trinajstić information content (AvgIpc) is 3.61. The number of fused-ring (bicyclic) bond motifs is 3. The van der Waals surface area contributed by atoms with E-state index >= 15 is 0 Å². The third-order valence-electron chi connectivity index (χ3n) is 7.02. The number of aliphatic imine (C=N–C) groups is 2. The molecule has 13 heteroatoms. The van der Waals surface area contributed by atoms with Crippen LogP contribution in [0.3, 0.4) is 0 Å². The van der Waals surface area contributed by atoms with Crippen molar-refractivity contribution in [3.63, 3.8) is 0 Å². The van der Waals surface area contributed by atoms with Gasteiger partial charge in [0.25, 0.3) is 0 Å². The standard InChI is InChI=1S/C24H27F2N9O2/c1-2-34-24(36)32(12-9-30-7-10-31(11-8-30)18-6-5-16(25)14-17(18)26)23-29-22-21(35(23)34)20(28-15-33(22)27)19-4-3-13-37-19/h3-6,13-15,23H,2,7-12,27H2,1H3. The number of hydrogen-bond acceptors (Lipinski definition) is 9. The van der Waals surface area contributed by atoms with Crippen molar-refractivity contribution in [2.24, 2.45) is 15.8 Å². The van der Waals surface area contributed by atoms with E-state index in [0.29, 0.717) is 74.5 Å². The summed E-state index contributed by atoms with van der Waals surface area (Å²) < 4.78 is 33.1. The predicted molar refractivity (Wildman–Crippen MR) is 133 cm³/mol. The Morgan fingerprint density at radius 3 is 2.65 bits per heavy atom. The Bertz CT molecular complexity index is 1290. The molecule has 4 aliphatic heterocycles. The van der Waals surface area contributed by atoms with Gasteiger partial charge in [-0.2, -0.15) is 0 Å². The number of hydrogen-bond donors (Lipinski definition) is 1. The number of carbonyl (C=O) groups excluding carboxylic acids is 1. The van der Waals surface area contributed by atoms with E-state index in [0.717, 1.165) is 6.07 Å². The summed E-state index contributed by atoms with van der Waals surface area (Å²) >= 11 is 0. The number of amidine groups is 1. The van der Waals surface area contributed by atoms with Crippen LogP contribution in [0.1, 0.15) is 12.7 Å². The summed E-state index contributed by atoms with van der Waals surface area (Å²) in [6, 6.07) is 7.10. The van der Waals surface area contributed by atoms with Crippen molar-refractivity contribution >= 4 is 29.6 Å². The van der Waals surface area contributed by atoms with Crippen molar-refractivity contribution in [2.75, 3.05) is 50.7 Å². The number of hydrazine groups is 2. The quantitative estimate of drug-likeness (QED) is 0.592. The normalized spacial score (nSPS) is 21.8. The topological polar surface area (TPSA) is 100 Å². The van der Waals surface area contributed by atoms with Crippen molar-refractivity contribution in [3.8, 4) is 0 Å². The van der Waals surface area contributed by atoms with Crippen LogP contribution >= 0.6 is 0 Å².